The fourth-order valence-corrected chi connectivity index (χ4v) is 3.56. The molecule has 2 amide bonds. The fourth-order valence-electron chi connectivity index (χ4n) is 3.33. The summed E-state index contributed by atoms with van der Waals surface area (Å²) in [5, 5.41) is 8.80. The molecule has 0 atom stereocenters. The number of carbonyl (C=O) groups excluding carboxylic acids is 2. The molecular weight excluding hydrogens is 394 g/mol. The standard InChI is InChI=1S/C24H39N3O2S/c1-4-5-6-7-8-9-10-11-12-13-14-15-23(29)27-24(30)26-21-17-16-19(2)22(18-21)25-20(3)28/h16-18H,4-15H2,1-3H3,(H,25,28)(H2,26,27,29,30). The average Bonchev–Trinajstić information content (AvgIpc) is 2.68. The van der Waals surface area contributed by atoms with E-state index in [4.69, 9.17) is 12.2 Å². The molecule has 6 heteroatoms. The number of hydrogen-bond acceptors (Lipinski definition) is 3. The minimum absolute atomic E-state index is 0.0578. The highest BCUT2D eigenvalue weighted by Crippen LogP contribution is 2.20. The Bertz CT molecular complexity index is 676. The van der Waals surface area contributed by atoms with E-state index in [9.17, 15) is 9.59 Å². The first-order valence-corrected chi connectivity index (χ1v) is 11.8. The van der Waals surface area contributed by atoms with E-state index in [1.54, 1.807) is 6.07 Å². The van der Waals surface area contributed by atoms with Gasteiger partial charge in [-0.1, -0.05) is 77.2 Å². The van der Waals surface area contributed by atoms with Crippen LogP contribution in [0, 0.1) is 6.92 Å². The summed E-state index contributed by atoms with van der Waals surface area (Å²) in [4.78, 5) is 23.4. The third-order valence-electron chi connectivity index (χ3n) is 5.07. The molecular formula is C24H39N3O2S. The largest absolute Gasteiger partial charge is 0.332 e. The zero-order chi connectivity index (χ0) is 22.2. The van der Waals surface area contributed by atoms with Crippen LogP contribution >= 0.6 is 12.2 Å². The quantitative estimate of drug-likeness (QED) is 0.232. The monoisotopic (exact) mass is 433 g/mol. The predicted octanol–water partition coefficient (Wildman–Crippen LogP) is 6.47. The van der Waals surface area contributed by atoms with Gasteiger partial charge in [-0.2, -0.15) is 0 Å². The Balaban J connectivity index is 2.14. The molecule has 1 aromatic carbocycles. The lowest BCUT2D eigenvalue weighted by Crippen LogP contribution is -2.33. The Kier molecular flexibility index (Phi) is 13.8. The normalized spacial score (nSPS) is 10.5. The number of anilines is 2. The van der Waals surface area contributed by atoms with Gasteiger partial charge in [0.2, 0.25) is 11.8 Å². The molecule has 0 fully saturated rings. The maximum absolute atomic E-state index is 12.1. The van der Waals surface area contributed by atoms with Crippen molar-refractivity contribution in [2.45, 2.75) is 97.8 Å². The minimum Gasteiger partial charge on any atom is -0.332 e. The van der Waals surface area contributed by atoms with Crippen LogP contribution in [0.2, 0.25) is 0 Å². The summed E-state index contributed by atoms with van der Waals surface area (Å²) in [6.45, 7) is 5.64. The van der Waals surface area contributed by atoms with Gasteiger partial charge in [-0.25, -0.2) is 0 Å². The summed E-state index contributed by atoms with van der Waals surface area (Å²) in [6, 6.07) is 5.56. The maximum atomic E-state index is 12.1. The van der Waals surface area contributed by atoms with E-state index in [1.807, 2.05) is 19.1 Å². The maximum Gasteiger partial charge on any atom is 0.226 e. The number of unbranched alkanes of at least 4 members (excludes halogenated alkanes) is 10. The molecule has 0 heterocycles. The molecule has 0 unspecified atom stereocenters. The lowest BCUT2D eigenvalue weighted by atomic mass is 10.1. The number of nitrogens with one attached hydrogen (secondary N) is 3. The molecule has 0 saturated heterocycles. The molecule has 30 heavy (non-hydrogen) atoms. The van der Waals surface area contributed by atoms with Crippen molar-refractivity contribution >= 4 is 40.5 Å². The van der Waals surface area contributed by atoms with E-state index in [0.717, 1.165) is 29.8 Å². The second kappa shape index (κ2) is 15.8. The zero-order valence-electron chi connectivity index (χ0n) is 18.9. The molecule has 0 aromatic heterocycles. The summed E-state index contributed by atoms with van der Waals surface area (Å²) < 4.78 is 0. The lowest BCUT2D eigenvalue weighted by molar-refractivity contribution is -0.119. The molecule has 5 nitrogen and oxygen atoms in total. The van der Waals surface area contributed by atoms with Crippen LogP contribution in [-0.2, 0) is 9.59 Å². The van der Waals surface area contributed by atoms with Crippen LogP contribution in [0.4, 0.5) is 11.4 Å². The van der Waals surface area contributed by atoms with Gasteiger partial charge >= 0.3 is 0 Å². The van der Waals surface area contributed by atoms with Gasteiger partial charge in [-0.05, 0) is 43.3 Å². The number of amides is 2. The van der Waals surface area contributed by atoms with E-state index >= 15 is 0 Å². The average molecular weight is 434 g/mol. The molecule has 168 valence electrons. The summed E-state index contributed by atoms with van der Waals surface area (Å²) in [5.41, 5.74) is 2.41. The van der Waals surface area contributed by atoms with Crippen molar-refractivity contribution < 1.29 is 9.59 Å². The highest BCUT2D eigenvalue weighted by molar-refractivity contribution is 7.80. The number of benzene rings is 1. The van der Waals surface area contributed by atoms with Crippen molar-refractivity contribution in [3.63, 3.8) is 0 Å². The first-order valence-electron chi connectivity index (χ1n) is 11.4. The number of carbonyl (C=O) groups is 2. The molecule has 3 N–H and O–H groups in total. The Hall–Kier alpha value is -1.95. The van der Waals surface area contributed by atoms with Gasteiger partial charge in [0, 0.05) is 24.7 Å². The van der Waals surface area contributed by atoms with E-state index in [0.29, 0.717) is 6.42 Å². The summed E-state index contributed by atoms with van der Waals surface area (Å²) >= 11 is 5.23. The topological polar surface area (TPSA) is 70.2 Å². The molecule has 0 aliphatic rings. The first-order chi connectivity index (χ1) is 14.4. The molecule has 0 saturated carbocycles. The highest BCUT2D eigenvalue weighted by Gasteiger charge is 2.07. The van der Waals surface area contributed by atoms with Gasteiger partial charge < -0.3 is 16.0 Å². The third kappa shape index (κ3) is 12.6. The van der Waals surface area contributed by atoms with E-state index in [1.165, 1.54) is 64.7 Å². The number of aryl methyl sites for hydroxylation is 1. The van der Waals surface area contributed by atoms with Gasteiger partial charge in [0.05, 0.1) is 0 Å². The van der Waals surface area contributed by atoms with Crippen molar-refractivity contribution in [3.8, 4) is 0 Å². The molecule has 0 spiro atoms. The molecule has 0 bridgehead atoms. The lowest BCUT2D eigenvalue weighted by Gasteiger charge is -2.12. The third-order valence-corrected chi connectivity index (χ3v) is 5.27. The minimum atomic E-state index is -0.127. The Morgan fingerprint density at radius 2 is 1.43 bits per heavy atom. The van der Waals surface area contributed by atoms with Gasteiger partial charge in [0.15, 0.2) is 5.11 Å². The van der Waals surface area contributed by atoms with Crippen LogP contribution in [-0.4, -0.2) is 16.9 Å². The molecule has 1 aromatic rings. The van der Waals surface area contributed by atoms with Crippen molar-refractivity contribution in [1.82, 2.24) is 5.32 Å². The van der Waals surface area contributed by atoms with Gasteiger partial charge in [-0.15, -0.1) is 0 Å². The zero-order valence-corrected chi connectivity index (χ0v) is 19.8. The van der Waals surface area contributed by atoms with Crippen LogP contribution in [0.1, 0.15) is 96.5 Å². The van der Waals surface area contributed by atoms with Crippen molar-refractivity contribution in [1.29, 1.82) is 0 Å². The van der Waals surface area contributed by atoms with Crippen molar-refractivity contribution in [3.05, 3.63) is 23.8 Å². The van der Waals surface area contributed by atoms with Crippen LogP contribution in [0.3, 0.4) is 0 Å². The van der Waals surface area contributed by atoms with E-state index in [2.05, 4.69) is 22.9 Å². The molecule has 0 aliphatic heterocycles. The van der Waals surface area contributed by atoms with Gasteiger partial charge in [0.25, 0.3) is 0 Å². The fraction of sp³-hybridized carbons (Fsp3) is 0.625. The van der Waals surface area contributed by atoms with Crippen molar-refractivity contribution in [2.75, 3.05) is 10.6 Å². The molecule has 1 rings (SSSR count). The Labute approximate surface area is 187 Å². The number of rotatable bonds is 14. The van der Waals surface area contributed by atoms with E-state index < -0.39 is 0 Å². The van der Waals surface area contributed by atoms with Crippen LogP contribution in [0.15, 0.2) is 18.2 Å². The van der Waals surface area contributed by atoms with E-state index in [-0.39, 0.29) is 16.9 Å². The number of hydrogen-bond donors (Lipinski definition) is 3. The van der Waals surface area contributed by atoms with Crippen LogP contribution in [0.5, 0.6) is 0 Å². The highest BCUT2D eigenvalue weighted by atomic mass is 32.1. The molecule has 0 aliphatic carbocycles. The predicted molar refractivity (Wildman–Crippen MR) is 131 cm³/mol. The number of thiocarbonyl (C=S) groups is 1. The summed E-state index contributed by atoms with van der Waals surface area (Å²) in [7, 11) is 0. The SMILES string of the molecule is CCCCCCCCCCCCCC(=O)NC(=S)Nc1ccc(C)c(NC(C)=O)c1. The smallest absolute Gasteiger partial charge is 0.226 e. The Morgan fingerprint density at radius 1 is 0.867 bits per heavy atom. The Morgan fingerprint density at radius 3 is 2.00 bits per heavy atom. The second-order valence-electron chi connectivity index (χ2n) is 8.00. The second-order valence-corrected chi connectivity index (χ2v) is 8.41. The van der Waals surface area contributed by atoms with Crippen LogP contribution in [0.25, 0.3) is 0 Å². The summed E-state index contributed by atoms with van der Waals surface area (Å²) in [5.74, 6) is -0.185. The molecule has 0 radical (unpaired) electrons. The van der Waals surface area contributed by atoms with Gasteiger partial charge in [0.1, 0.15) is 0 Å². The first kappa shape index (κ1) is 26.1. The summed E-state index contributed by atoms with van der Waals surface area (Å²) in [6.07, 6.45) is 14.4. The van der Waals surface area contributed by atoms with Crippen LogP contribution < -0.4 is 16.0 Å². The van der Waals surface area contributed by atoms with Crippen molar-refractivity contribution in [2.24, 2.45) is 0 Å². The van der Waals surface area contributed by atoms with Gasteiger partial charge in [-0.3, -0.25) is 9.59 Å².